The number of para-hydroxylation sites is 2. The molecule has 1 aromatic carbocycles. The van der Waals surface area contributed by atoms with Gasteiger partial charge in [-0.25, -0.2) is 4.98 Å². The molecule has 2 aromatic heterocycles. The van der Waals surface area contributed by atoms with Crippen LogP contribution in [0.5, 0.6) is 0 Å². The van der Waals surface area contributed by atoms with Gasteiger partial charge in [-0.2, -0.15) is 0 Å². The standard InChI is InChI=1S/C19H20N4O2/c24-19(18-14-5-1-4-8-17(14)25-21-18)22-10-9-13(11-22)23-12-20-15-6-2-3-7-16(15)23/h2-3,6-7,12-13H,1,4-5,8-11H2. The minimum Gasteiger partial charge on any atom is -0.360 e. The quantitative estimate of drug-likeness (QED) is 0.722. The third-order valence-electron chi connectivity index (χ3n) is 5.48. The highest BCUT2D eigenvalue weighted by atomic mass is 16.5. The summed E-state index contributed by atoms with van der Waals surface area (Å²) >= 11 is 0. The molecule has 1 atom stereocenters. The molecule has 1 aliphatic carbocycles. The topological polar surface area (TPSA) is 64.2 Å². The molecule has 1 unspecified atom stereocenters. The number of hydrogen-bond donors (Lipinski definition) is 0. The Morgan fingerprint density at radius 3 is 3.04 bits per heavy atom. The molecule has 128 valence electrons. The van der Waals surface area contributed by atoms with Gasteiger partial charge in [0.15, 0.2) is 5.69 Å². The summed E-state index contributed by atoms with van der Waals surface area (Å²) in [6, 6.07) is 8.39. The van der Waals surface area contributed by atoms with Crippen LogP contribution in [0.3, 0.4) is 0 Å². The summed E-state index contributed by atoms with van der Waals surface area (Å²) in [6.07, 6.45) is 6.86. The molecule has 25 heavy (non-hydrogen) atoms. The summed E-state index contributed by atoms with van der Waals surface area (Å²) < 4.78 is 7.61. The lowest BCUT2D eigenvalue weighted by Gasteiger charge is -2.17. The van der Waals surface area contributed by atoms with Crippen LogP contribution >= 0.6 is 0 Å². The minimum absolute atomic E-state index is 0.0128. The first-order valence-corrected chi connectivity index (χ1v) is 8.99. The van der Waals surface area contributed by atoms with Crippen molar-refractivity contribution in [3.63, 3.8) is 0 Å². The normalized spacial score (nSPS) is 20.2. The zero-order chi connectivity index (χ0) is 16.8. The molecule has 1 fully saturated rings. The van der Waals surface area contributed by atoms with Crippen molar-refractivity contribution in [3.8, 4) is 0 Å². The average molecular weight is 336 g/mol. The van der Waals surface area contributed by atoms with Gasteiger partial charge in [0.25, 0.3) is 5.91 Å². The van der Waals surface area contributed by atoms with E-state index in [2.05, 4.69) is 20.8 Å². The highest BCUT2D eigenvalue weighted by Gasteiger charge is 2.33. The third-order valence-corrected chi connectivity index (χ3v) is 5.48. The largest absolute Gasteiger partial charge is 0.360 e. The molecule has 6 heteroatoms. The van der Waals surface area contributed by atoms with Crippen molar-refractivity contribution in [2.24, 2.45) is 0 Å². The molecule has 0 bridgehead atoms. The smallest absolute Gasteiger partial charge is 0.276 e. The Morgan fingerprint density at radius 2 is 2.08 bits per heavy atom. The maximum Gasteiger partial charge on any atom is 0.276 e. The van der Waals surface area contributed by atoms with E-state index >= 15 is 0 Å². The molecule has 0 N–H and O–H groups in total. The Morgan fingerprint density at radius 1 is 1.20 bits per heavy atom. The fourth-order valence-corrected chi connectivity index (χ4v) is 4.13. The number of imidazole rings is 1. The maximum absolute atomic E-state index is 12.9. The summed E-state index contributed by atoms with van der Waals surface area (Å²) in [7, 11) is 0. The van der Waals surface area contributed by atoms with Crippen LogP contribution in [0.1, 0.15) is 47.1 Å². The Labute approximate surface area is 145 Å². The predicted octanol–water partition coefficient (Wildman–Crippen LogP) is 2.99. The number of likely N-dealkylation sites (tertiary alicyclic amines) is 1. The second-order valence-corrected chi connectivity index (χ2v) is 6.97. The number of nitrogens with zero attached hydrogens (tertiary/aromatic N) is 4. The number of aromatic nitrogens is 3. The summed E-state index contributed by atoms with van der Waals surface area (Å²) in [6.45, 7) is 1.44. The molecular formula is C19H20N4O2. The van der Waals surface area contributed by atoms with Gasteiger partial charge in [-0.05, 0) is 37.8 Å². The molecule has 1 saturated heterocycles. The molecule has 5 rings (SSSR count). The molecule has 2 aliphatic rings. The maximum atomic E-state index is 12.9. The summed E-state index contributed by atoms with van der Waals surface area (Å²) in [5.74, 6) is 0.921. The van der Waals surface area contributed by atoms with Crippen molar-refractivity contribution in [3.05, 3.63) is 47.6 Å². The third kappa shape index (κ3) is 2.35. The number of rotatable bonds is 2. The van der Waals surface area contributed by atoms with Crippen LogP contribution in [-0.2, 0) is 12.8 Å². The van der Waals surface area contributed by atoms with E-state index in [1.54, 1.807) is 0 Å². The lowest BCUT2D eigenvalue weighted by Crippen LogP contribution is -2.30. The fourth-order valence-electron chi connectivity index (χ4n) is 4.13. The van der Waals surface area contributed by atoms with Crippen LogP contribution in [0.2, 0.25) is 0 Å². The summed E-state index contributed by atoms with van der Waals surface area (Å²) in [5, 5.41) is 4.09. The van der Waals surface area contributed by atoms with Gasteiger partial charge in [0.2, 0.25) is 0 Å². The van der Waals surface area contributed by atoms with Gasteiger partial charge in [-0.3, -0.25) is 4.79 Å². The lowest BCUT2D eigenvalue weighted by molar-refractivity contribution is 0.0776. The zero-order valence-electron chi connectivity index (χ0n) is 14.0. The van der Waals surface area contributed by atoms with Crippen LogP contribution in [-0.4, -0.2) is 38.6 Å². The number of aryl methyl sites for hydroxylation is 1. The first-order valence-electron chi connectivity index (χ1n) is 8.99. The van der Waals surface area contributed by atoms with E-state index in [0.717, 1.165) is 61.0 Å². The number of benzene rings is 1. The molecule has 3 heterocycles. The van der Waals surface area contributed by atoms with Gasteiger partial charge in [0.05, 0.1) is 23.4 Å². The minimum atomic E-state index is 0.0128. The Kier molecular flexibility index (Phi) is 3.36. The zero-order valence-corrected chi connectivity index (χ0v) is 14.0. The predicted molar refractivity (Wildman–Crippen MR) is 92.4 cm³/mol. The van der Waals surface area contributed by atoms with Gasteiger partial charge in [0, 0.05) is 25.1 Å². The SMILES string of the molecule is O=C(c1noc2c1CCCC2)N1CCC(n2cnc3ccccc32)C1. The van der Waals surface area contributed by atoms with E-state index in [4.69, 9.17) is 4.52 Å². The van der Waals surface area contributed by atoms with Gasteiger partial charge in [0.1, 0.15) is 5.76 Å². The van der Waals surface area contributed by atoms with Crippen LogP contribution in [0.15, 0.2) is 35.1 Å². The van der Waals surface area contributed by atoms with E-state index in [0.29, 0.717) is 12.2 Å². The Balaban J connectivity index is 1.38. The second-order valence-electron chi connectivity index (χ2n) is 6.97. The van der Waals surface area contributed by atoms with Gasteiger partial charge in [-0.1, -0.05) is 17.3 Å². The second kappa shape index (κ2) is 5.72. The number of carbonyl (C=O) groups is 1. The van der Waals surface area contributed by atoms with Crippen LogP contribution in [0.25, 0.3) is 11.0 Å². The van der Waals surface area contributed by atoms with Gasteiger partial charge in [-0.15, -0.1) is 0 Å². The van der Waals surface area contributed by atoms with Crippen LogP contribution < -0.4 is 0 Å². The molecule has 1 aliphatic heterocycles. The highest BCUT2D eigenvalue weighted by Crippen LogP contribution is 2.29. The number of amides is 1. The van der Waals surface area contributed by atoms with E-state index in [-0.39, 0.29) is 11.9 Å². The fraction of sp³-hybridized carbons (Fsp3) is 0.421. The van der Waals surface area contributed by atoms with Crippen molar-refractivity contribution < 1.29 is 9.32 Å². The molecule has 0 radical (unpaired) electrons. The Bertz CT molecular complexity index is 942. The first-order chi connectivity index (χ1) is 12.3. The van der Waals surface area contributed by atoms with Crippen LogP contribution in [0.4, 0.5) is 0 Å². The summed E-state index contributed by atoms with van der Waals surface area (Å²) in [4.78, 5) is 19.3. The van der Waals surface area contributed by atoms with Crippen molar-refractivity contribution in [1.82, 2.24) is 19.6 Å². The molecule has 0 saturated carbocycles. The van der Waals surface area contributed by atoms with E-state index in [1.165, 1.54) is 0 Å². The molecule has 3 aromatic rings. The van der Waals surface area contributed by atoms with Crippen molar-refractivity contribution in [2.75, 3.05) is 13.1 Å². The lowest BCUT2D eigenvalue weighted by atomic mass is 9.96. The number of hydrogen-bond acceptors (Lipinski definition) is 4. The summed E-state index contributed by atoms with van der Waals surface area (Å²) in [5.41, 5.74) is 3.69. The molecule has 0 spiro atoms. The van der Waals surface area contributed by atoms with E-state index in [9.17, 15) is 4.79 Å². The Hall–Kier alpha value is -2.63. The van der Waals surface area contributed by atoms with Crippen LogP contribution in [0, 0.1) is 0 Å². The molecular weight excluding hydrogens is 316 g/mol. The van der Waals surface area contributed by atoms with E-state index in [1.807, 2.05) is 29.4 Å². The van der Waals surface area contributed by atoms with Crippen molar-refractivity contribution >= 4 is 16.9 Å². The molecule has 6 nitrogen and oxygen atoms in total. The molecule has 1 amide bonds. The first kappa shape index (κ1) is 14.7. The van der Waals surface area contributed by atoms with Gasteiger partial charge >= 0.3 is 0 Å². The van der Waals surface area contributed by atoms with Crippen molar-refractivity contribution in [2.45, 2.75) is 38.1 Å². The van der Waals surface area contributed by atoms with Gasteiger partial charge < -0.3 is 14.0 Å². The number of carbonyl (C=O) groups excluding carboxylic acids is 1. The van der Waals surface area contributed by atoms with E-state index < -0.39 is 0 Å². The monoisotopic (exact) mass is 336 g/mol. The number of fused-ring (bicyclic) bond motifs is 2. The van der Waals surface area contributed by atoms with Crippen molar-refractivity contribution in [1.29, 1.82) is 0 Å². The highest BCUT2D eigenvalue weighted by molar-refractivity contribution is 5.94. The average Bonchev–Trinajstić information content (AvgIpc) is 3.38.